The minimum absolute atomic E-state index is 0.0641. The van der Waals surface area contributed by atoms with Gasteiger partial charge < -0.3 is 10.2 Å². The van der Waals surface area contributed by atoms with Crippen LogP contribution in [0.25, 0.3) is 0 Å². The average Bonchev–Trinajstić information content (AvgIpc) is 2.49. The van der Waals surface area contributed by atoms with Gasteiger partial charge in [0.2, 0.25) is 11.8 Å². The summed E-state index contributed by atoms with van der Waals surface area (Å²) < 4.78 is 0. The lowest BCUT2D eigenvalue weighted by molar-refractivity contribution is -0.137. The predicted octanol–water partition coefficient (Wildman–Crippen LogP) is 2.30. The van der Waals surface area contributed by atoms with Gasteiger partial charge in [-0.05, 0) is 25.0 Å². The molecule has 0 aliphatic carbocycles. The summed E-state index contributed by atoms with van der Waals surface area (Å²) in [4.78, 5) is 26.4. The summed E-state index contributed by atoms with van der Waals surface area (Å²) in [5, 5.41) is 3.22. The van der Waals surface area contributed by atoms with E-state index >= 15 is 0 Å². The van der Waals surface area contributed by atoms with Crippen molar-refractivity contribution in [2.24, 2.45) is 0 Å². The van der Waals surface area contributed by atoms with E-state index in [1.807, 2.05) is 18.2 Å². The van der Waals surface area contributed by atoms with E-state index in [1.165, 1.54) is 4.90 Å². The smallest absolute Gasteiger partial charge is 0.239 e. The van der Waals surface area contributed by atoms with Crippen molar-refractivity contribution >= 4 is 23.6 Å². The van der Waals surface area contributed by atoms with Crippen molar-refractivity contribution in [3.05, 3.63) is 30.3 Å². The van der Waals surface area contributed by atoms with Crippen molar-refractivity contribution in [1.82, 2.24) is 10.2 Å². The highest BCUT2D eigenvalue weighted by atomic mass is 32.2. The molecule has 1 aliphatic rings. The van der Waals surface area contributed by atoms with Crippen LogP contribution in [0, 0.1) is 0 Å². The number of hydrogen-bond acceptors (Lipinski definition) is 3. The predicted molar refractivity (Wildman–Crippen MR) is 85.2 cm³/mol. The zero-order valence-electron chi connectivity index (χ0n) is 12.4. The van der Waals surface area contributed by atoms with Gasteiger partial charge >= 0.3 is 0 Å². The summed E-state index contributed by atoms with van der Waals surface area (Å²) in [6.07, 6.45) is 2.52. The van der Waals surface area contributed by atoms with Crippen LogP contribution in [0.5, 0.6) is 0 Å². The van der Waals surface area contributed by atoms with Gasteiger partial charge in [0.15, 0.2) is 0 Å². The molecule has 1 aliphatic heterocycles. The molecule has 4 nitrogen and oxygen atoms in total. The molecule has 5 heteroatoms. The molecule has 1 heterocycles. The van der Waals surface area contributed by atoms with Gasteiger partial charge in [-0.25, -0.2) is 0 Å². The highest BCUT2D eigenvalue weighted by molar-refractivity contribution is 8.00. The molecule has 21 heavy (non-hydrogen) atoms. The lowest BCUT2D eigenvalue weighted by Crippen LogP contribution is -2.44. The van der Waals surface area contributed by atoms with Gasteiger partial charge in [-0.1, -0.05) is 25.1 Å². The Bertz CT molecular complexity index is 478. The van der Waals surface area contributed by atoms with Gasteiger partial charge in [0.25, 0.3) is 0 Å². The second-order valence-corrected chi connectivity index (χ2v) is 6.83. The highest BCUT2D eigenvalue weighted by Gasteiger charge is 2.20. The summed E-state index contributed by atoms with van der Waals surface area (Å²) >= 11 is 1.74. The molecule has 1 unspecified atom stereocenters. The van der Waals surface area contributed by atoms with Crippen molar-refractivity contribution in [2.75, 3.05) is 19.6 Å². The molecule has 1 N–H and O–H groups in total. The zero-order chi connectivity index (χ0) is 15.1. The molecule has 2 amide bonds. The van der Waals surface area contributed by atoms with Gasteiger partial charge in [-0.2, -0.15) is 0 Å². The van der Waals surface area contributed by atoms with Crippen molar-refractivity contribution in [2.45, 2.75) is 36.3 Å². The van der Waals surface area contributed by atoms with Crippen LogP contribution in [0.3, 0.4) is 0 Å². The SMILES string of the molecule is CC(CNC(=O)CN1CCCCC1=O)Sc1ccccc1. The molecule has 1 saturated heterocycles. The van der Waals surface area contributed by atoms with Crippen molar-refractivity contribution in [3.63, 3.8) is 0 Å². The van der Waals surface area contributed by atoms with Gasteiger partial charge in [0, 0.05) is 29.7 Å². The number of hydrogen-bond donors (Lipinski definition) is 1. The van der Waals surface area contributed by atoms with E-state index in [9.17, 15) is 9.59 Å². The second kappa shape index (κ2) is 8.08. The molecule has 114 valence electrons. The van der Waals surface area contributed by atoms with Crippen LogP contribution in [0.1, 0.15) is 26.2 Å². The Labute approximate surface area is 130 Å². The van der Waals surface area contributed by atoms with E-state index in [-0.39, 0.29) is 18.4 Å². The van der Waals surface area contributed by atoms with E-state index in [2.05, 4.69) is 24.4 Å². The van der Waals surface area contributed by atoms with Crippen LogP contribution in [0.15, 0.2) is 35.2 Å². The number of nitrogens with one attached hydrogen (secondary N) is 1. The summed E-state index contributed by atoms with van der Waals surface area (Å²) in [5.41, 5.74) is 0. The topological polar surface area (TPSA) is 49.4 Å². The van der Waals surface area contributed by atoms with Gasteiger partial charge in [-0.15, -0.1) is 11.8 Å². The Morgan fingerprint density at radius 3 is 2.81 bits per heavy atom. The Hall–Kier alpha value is -1.49. The third-order valence-corrected chi connectivity index (χ3v) is 4.54. The molecule has 0 radical (unpaired) electrons. The maximum atomic E-state index is 11.9. The zero-order valence-corrected chi connectivity index (χ0v) is 13.2. The second-order valence-electron chi connectivity index (χ2n) is 5.32. The van der Waals surface area contributed by atoms with Gasteiger partial charge in [0.05, 0.1) is 6.54 Å². The monoisotopic (exact) mass is 306 g/mol. The summed E-state index contributed by atoms with van der Waals surface area (Å²) in [5.74, 6) is 0.0360. The van der Waals surface area contributed by atoms with Crippen LogP contribution in [-0.2, 0) is 9.59 Å². The average molecular weight is 306 g/mol. The third kappa shape index (κ3) is 5.42. The van der Waals surface area contributed by atoms with Crippen LogP contribution in [0.2, 0.25) is 0 Å². The van der Waals surface area contributed by atoms with E-state index < -0.39 is 0 Å². The number of thioether (sulfide) groups is 1. The van der Waals surface area contributed by atoms with Gasteiger partial charge in [-0.3, -0.25) is 9.59 Å². The molecule has 0 aromatic heterocycles. The summed E-state index contributed by atoms with van der Waals surface area (Å²) in [6.45, 7) is 3.60. The Morgan fingerprint density at radius 1 is 1.33 bits per heavy atom. The van der Waals surface area contributed by atoms with Crippen molar-refractivity contribution < 1.29 is 9.59 Å². The summed E-state index contributed by atoms with van der Waals surface area (Å²) in [7, 11) is 0. The van der Waals surface area contributed by atoms with E-state index in [1.54, 1.807) is 16.7 Å². The molecular weight excluding hydrogens is 284 g/mol. The van der Waals surface area contributed by atoms with Crippen LogP contribution < -0.4 is 5.32 Å². The number of nitrogens with zero attached hydrogens (tertiary/aromatic N) is 1. The molecule has 1 aromatic carbocycles. The fourth-order valence-electron chi connectivity index (χ4n) is 2.29. The standard InChI is InChI=1S/C16H22N2O2S/c1-13(21-14-7-3-2-4-8-14)11-17-15(19)12-18-10-6-5-9-16(18)20/h2-4,7-8,13H,5-6,9-12H2,1H3,(H,17,19). The lowest BCUT2D eigenvalue weighted by atomic mass is 10.1. The van der Waals surface area contributed by atoms with Crippen molar-refractivity contribution in [3.8, 4) is 0 Å². The number of rotatable bonds is 6. The minimum atomic E-state index is -0.0641. The molecule has 1 aromatic rings. The molecule has 0 bridgehead atoms. The number of piperidine rings is 1. The highest BCUT2D eigenvalue weighted by Crippen LogP contribution is 2.21. The maximum absolute atomic E-state index is 11.9. The first-order valence-electron chi connectivity index (χ1n) is 7.41. The Balaban J connectivity index is 1.69. The minimum Gasteiger partial charge on any atom is -0.353 e. The maximum Gasteiger partial charge on any atom is 0.239 e. The number of likely N-dealkylation sites (tertiary alicyclic amines) is 1. The molecule has 0 spiro atoms. The summed E-state index contributed by atoms with van der Waals surface area (Å²) in [6, 6.07) is 10.1. The molecule has 1 atom stereocenters. The lowest BCUT2D eigenvalue weighted by Gasteiger charge is -2.26. The van der Waals surface area contributed by atoms with Crippen LogP contribution in [-0.4, -0.2) is 41.6 Å². The first-order valence-corrected chi connectivity index (χ1v) is 8.29. The van der Waals surface area contributed by atoms with E-state index in [0.717, 1.165) is 12.8 Å². The normalized spacial score (nSPS) is 16.6. The first-order chi connectivity index (χ1) is 10.1. The number of carbonyl (C=O) groups is 2. The van der Waals surface area contributed by atoms with E-state index in [4.69, 9.17) is 0 Å². The number of benzene rings is 1. The number of carbonyl (C=O) groups excluding carboxylic acids is 2. The Morgan fingerprint density at radius 2 is 2.10 bits per heavy atom. The van der Waals surface area contributed by atoms with Crippen LogP contribution in [0.4, 0.5) is 0 Å². The molecule has 2 rings (SSSR count). The number of amides is 2. The van der Waals surface area contributed by atoms with Gasteiger partial charge in [0.1, 0.15) is 0 Å². The fraction of sp³-hybridized carbons (Fsp3) is 0.500. The molecule has 0 saturated carbocycles. The first kappa shape index (κ1) is 15.9. The van der Waals surface area contributed by atoms with E-state index in [0.29, 0.717) is 24.8 Å². The molecular formula is C16H22N2O2S. The fourth-order valence-corrected chi connectivity index (χ4v) is 3.23. The Kier molecular flexibility index (Phi) is 6.11. The molecule has 1 fully saturated rings. The third-order valence-electron chi connectivity index (χ3n) is 3.42. The quantitative estimate of drug-likeness (QED) is 0.821. The van der Waals surface area contributed by atoms with Crippen molar-refractivity contribution in [1.29, 1.82) is 0 Å². The van der Waals surface area contributed by atoms with Crippen LogP contribution >= 0.6 is 11.8 Å². The largest absolute Gasteiger partial charge is 0.353 e.